The fraction of sp³-hybridized carbons (Fsp3) is 0.133. The molecule has 3 nitrogen and oxygen atoms in total. The number of carbonyl (C=O) groups excluding carboxylic acids is 1. The first kappa shape index (κ1) is 14.3. The first-order chi connectivity index (χ1) is 9.63. The standard InChI is InChI=1S/C15H14ClFN2O/c16-12-3-7-14(8-4-12)18-10-15(20)19-9-11-1-5-13(17)6-2-11/h1-8,18H,9-10H2,(H,19,20). The molecule has 0 aliphatic carbocycles. The Balaban J connectivity index is 1.75. The molecule has 0 bridgehead atoms. The Morgan fingerprint density at radius 2 is 1.70 bits per heavy atom. The average Bonchev–Trinajstić information content (AvgIpc) is 2.46. The molecule has 104 valence electrons. The minimum Gasteiger partial charge on any atom is -0.376 e. The van der Waals surface area contributed by atoms with Crippen molar-refractivity contribution < 1.29 is 9.18 Å². The molecule has 1 amide bonds. The van der Waals surface area contributed by atoms with Gasteiger partial charge in [-0.25, -0.2) is 4.39 Å². The molecular formula is C15H14ClFN2O. The molecule has 0 radical (unpaired) electrons. The minimum absolute atomic E-state index is 0.135. The zero-order valence-electron chi connectivity index (χ0n) is 10.7. The van der Waals surface area contributed by atoms with Gasteiger partial charge in [0.2, 0.25) is 5.91 Å². The van der Waals surface area contributed by atoms with Gasteiger partial charge in [0.05, 0.1) is 6.54 Å². The summed E-state index contributed by atoms with van der Waals surface area (Å²) in [5.41, 5.74) is 1.68. The number of halogens is 2. The lowest BCUT2D eigenvalue weighted by molar-refractivity contribution is -0.119. The molecule has 0 atom stereocenters. The highest BCUT2D eigenvalue weighted by molar-refractivity contribution is 6.30. The Labute approximate surface area is 121 Å². The molecule has 0 spiro atoms. The molecule has 0 aliphatic heterocycles. The van der Waals surface area contributed by atoms with Crippen LogP contribution in [0.2, 0.25) is 5.02 Å². The molecule has 2 rings (SSSR count). The second-order valence-corrected chi connectivity index (χ2v) is 4.70. The van der Waals surface area contributed by atoms with Crippen molar-refractivity contribution in [3.8, 4) is 0 Å². The van der Waals surface area contributed by atoms with Crippen LogP contribution in [0, 0.1) is 5.82 Å². The molecule has 20 heavy (non-hydrogen) atoms. The Morgan fingerprint density at radius 3 is 2.35 bits per heavy atom. The van der Waals surface area contributed by atoms with Crippen molar-refractivity contribution in [2.24, 2.45) is 0 Å². The second kappa shape index (κ2) is 6.91. The highest BCUT2D eigenvalue weighted by Gasteiger charge is 2.01. The minimum atomic E-state index is -0.288. The van der Waals surface area contributed by atoms with E-state index in [1.807, 2.05) is 0 Å². The SMILES string of the molecule is O=C(CNc1ccc(Cl)cc1)NCc1ccc(F)cc1. The number of hydrogen-bond donors (Lipinski definition) is 2. The normalized spacial score (nSPS) is 10.1. The van der Waals surface area contributed by atoms with E-state index in [4.69, 9.17) is 11.6 Å². The summed E-state index contributed by atoms with van der Waals surface area (Å²) in [6.45, 7) is 0.546. The smallest absolute Gasteiger partial charge is 0.239 e. The molecule has 0 heterocycles. The van der Waals surface area contributed by atoms with E-state index in [1.54, 1.807) is 36.4 Å². The zero-order valence-corrected chi connectivity index (χ0v) is 11.5. The van der Waals surface area contributed by atoms with Crippen molar-refractivity contribution in [2.45, 2.75) is 6.54 Å². The number of hydrogen-bond acceptors (Lipinski definition) is 2. The van der Waals surface area contributed by atoms with Gasteiger partial charge < -0.3 is 10.6 Å². The van der Waals surface area contributed by atoms with Crippen LogP contribution in [0.4, 0.5) is 10.1 Å². The summed E-state index contributed by atoms with van der Waals surface area (Å²) in [6, 6.07) is 13.1. The zero-order chi connectivity index (χ0) is 14.4. The Bertz CT molecular complexity index is 518. The number of anilines is 1. The maximum Gasteiger partial charge on any atom is 0.239 e. The molecule has 2 aromatic rings. The summed E-state index contributed by atoms with van der Waals surface area (Å²) in [4.78, 5) is 11.6. The lowest BCUT2D eigenvalue weighted by atomic mass is 10.2. The maximum absolute atomic E-state index is 12.7. The monoisotopic (exact) mass is 292 g/mol. The Kier molecular flexibility index (Phi) is 4.96. The summed E-state index contributed by atoms with van der Waals surface area (Å²) < 4.78 is 12.7. The van der Waals surface area contributed by atoms with Crippen LogP contribution in [0.5, 0.6) is 0 Å². The first-order valence-corrected chi connectivity index (χ1v) is 6.52. The summed E-state index contributed by atoms with van der Waals surface area (Å²) in [5.74, 6) is -0.422. The number of carbonyl (C=O) groups is 1. The fourth-order valence-corrected chi connectivity index (χ4v) is 1.74. The van der Waals surface area contributed by atoms with E-state index in [1.165, 1.54) is 12.1 Å². The number of benzene rings is 2. The maximum atomic E-state index is 12.7. The van der Waals surface area contributed by atoms with Gasteiger partial charge in [-0.05, 0) is 42.0 Å². The molecule has 0 saturated carbocycles. The van der Waals surface area contributed by atoms with Crippen LogP contribution >= 0.6 is 11.6 Å². The largest absolute Gasteiger partial charge is 0.376 e. The highest BCUT2D eigenvalue weighted by atomic mass is 35.5. The predicted molar refractivity (Wildman–Crippen MR) is 78.2 cm³/mol. The van der Waals surface area contributed by atoms with Crippen molar-refractivity contribution in [1.29, 1.82) is 0 Å². The van der Waals surface area contributed by atoms with Crippen LogP contribution in [0.15, 0.2) is 48.5 Å². The number of nitrogens with one attached hydrogen (secondary N) is 2. The van der Waals surface area contributed by atoms with E-state index >= 15 is 0 Å². The quantitative estimate of drug-likeness (QED) is 0.888. The van der Waals surface area contributed by atoms with Gasteiger partial charge in [0.25, 0.3) is 0 Å². The molecule has 0 aromatic heterocycles. The van der Waals surface area contributed by atoms with Gasteiger partial charge in [0.15, 0.2) is 0 Å². The number of rotatable bonds is 5. The van der Waals surface area contributed by atoms with E-state index in [9.17, 15) is 9.18 Å². The van der Waals surface area contributed by atoms with E-state index in [2.05, 4.69) is 10.6 Å². The van der Waals surface area contributed by atoms with Gasteiger partial charge in [-0.3, -0.25) is 4.79 Å². The van der Waals surface area contributed by atoms with E-state index in [0.29, 0.717) is 11.6 Å². The van der Waals surface area contributed by atoms with Gasteiger partial charge in [-0.15, -0.1) is 0 Å². The second-order valence-electron chi connectivity index (χ2n) is 4.26. The molecule has 0 saturated heterocycles. The van der Waals surface area contributed by atoms with Crippen LogP contribution in [0.1, 0.15) is 5.56 Å². The van der Waals surface area contributed by atoms with Crippen LogP contribution < -0.4 is 10.6 Å². The predicted octanol–water partition coefficient (Wildman–Crippen LogP) is 3.21. The van der Waals surface area contributed by atoms with Crippen molar-refractivity contribution in [3.63, 3.8) is 0 Å². The third-order valence-corrected chi connectivity index (χ3v) is 2.95. The number of amides is 1. The van der Waals surface area contributed by atoms with Crippen molar-refractivity contribution in [2.75, 3.05) is 11.9 Å². The van der Waals surface area contributed by atoms with Crippen LogP contribution in [-0.4, -0.2) is 12.5 Å². The molecule has 0 aliphatic rings. The first-order valence-electron chi connectivity index (χ1n) is 6.14. The average molecular weight is 293 g/mol. The van der Waals surface area contributed by atoms with Gasteiger partial charge in [-0.1, -0.05) is 23.7 Å². The molecular weight excluding hydrogens is 279 g/mol. The molecule has 2 aromatic carbocycles. The van der Waals surface area contributed by atoms with Gasteiger partial charge in [0.1, 0.15) is 5.82 Å². The molecule has 0 fully saturated rings. The highest BCUT2D eigenvalue weighted by Crippen LogP contribution is 2.12. The lowest BCUT2D eigenvalue weighted by Gasteiger charge is -2.08. The Hall–Kier alpha value is -2.07. The molecule has 0 unspecified atom stereocenters. The molecule has 2 N–H and O–H groups in total. The summed E-state index contributed by atoms with van der Waals surface area (Å²) in [6.07, 6.45) is 0. The van der Waals surface area contributed by atoms with Crippen molar-refractivity contribution >= 4 is 23.2 Å². The third-order valence-electron chi connectivity index (χ3n) is 2.70. The summed E-state index contributed by atoms with van der Waals surface area (Å²) in [7, 11) is 0. The summed E-state index contributed by atoms with van der Waals surface area (Å²) >= 11 is 5.77. The Morgan fingerprint density at radius 1 is 1.05 bits per heavy atom. The van der Waals surface area contributed by atoms with Crippen LogP contribution in [0.3, 0.4) is 0 Å². The molecule has 5 heteroatoms. The topological polar surface area (TPSA) is 41.1 Å². The van der Waals surface area contributed by atoms with E-state index in [-0.39, 0.29) is 18.3 Å². The fourth-order valence-electron chi connectivity index (χ4n) is 1.62. The van der Waals surface area contributed by atoms with Gasteiger partial charge in [-0.2, -0.15) is 0 Å². The van der Waals surface area contributed by atoms with Crippen molar-refractivity contribution in [1.82, 2.24) is 5.32 Å². The van der Waals surface area contributed by atoms with E-state index in [0.717, 1.165) is 11.3 Å². The van der Waals surface area contributed by atoms with E-state index < -0.39 is 0 Å². The van der Waals surface area contributed by atoms with Crippen LogP contribution in [0.25, 0.3) is 0 Å². The van der Waals surface area contributed by atoms with Crippen molar-refractivity contribution in [3.05, 3.63) is 64.9 Å². The lowest BCUT2D eigenvalue weighted by Crippen LogP contribution is -2.29. The van der Waals surface area contributed by atoms with Gasteiger partial charge >= 0.3 is 0 Å². The third kappa shape index (κ3) is 4.55. The van der Waals surface area contributed by atoms with Gasteiger partial charge in [0, 0.05) is 17.3 Å². The van der Waals surface area contributed by atoms with Crippen LogP contribution in [-0.2, 0) is 11.3 Å². The summed E-state index contributed by atoms with van der Waals surface area (Å²) in [5, 5.41) is 6.39.